The Kier molecular flexibility index (Phi) is 7.46. The molecule has 0 saturated carbocycles. The summed E-state index contributed by atoms with van der Waals surface area (Å²) in [5, 5.41) is 4.64. The number of benzene rings is 3. The summed E-state index contributed by atoms with van der Waals surface area (Å²) in [7, 11) is 0. The molecule has 0 radical (unpaired) electrons. The van der Waals surface area contributed by atoms with E-state index in [0.717, 1.165) is 22.4 Å². The number of aryl methyl sites for hydroxylation is 2. The smallest absolute Gasteiger partial charge is 0.277 e. The third-order valence-electron chi connectivity index (χ3n) is 4.48. The largest absolute Gasteiger partial charge is 0.489 e. The molecule has 6 heteroatoms. The first kappa shape index (κ1) is 21.4. The molecule has 0 bridgehead atoms. The van der Waals surface area contributed by atoms with Gasteiger partial charge in [0.2, 0.25) is 0 Å². The molecule has 0 aromatic heterocycles. The number of carbonyl (C=O) groups excluding carboxylic acids is 1. The molecule has 0 atom stereocenters. The number of carbonyl (C=O) groups is 1. The van der Waals surface area contributed by atoms with Crippen LogP contribution >= 0.6 is 11.6 Å². The Morgan fingerprint density at radius 3 is 2.43 bits per heavy atom. The van der Waals surface area contributed by atoms with Crippen molar-refractivity contribution < 1.29 is 14.3 Å². The maximum atomic E-state index is 11.9. The van der Waals surface area contributed by atoms with Crippen molar-refractivity contribution in [1.82, 2.24) is 5.43 Å². The Bertz CT molecular complexity index is 1030. The molecule has 30 heavy (non-hydrogen) atoms. The minimum atomic E-state index is -0.329. The van der Waals surface area contributed by atoms with E-state index in [0.29, 0.717) is 17.4 Å². The van der Waals surface area contributed by atoms with Gasteiger partial charge in [0.1, 0.15) is 18.1 Å². The number of rotatable bonds is 8. The molecule has 1 N–H and O–H groups in total. The number of ether oxygens (including phenoxy) is 2. The van der Waals surface area contributed by atoms with Crippen LogP contribution in [0, 0.1) is 13.8 Å². The molecular weight excluding hydrogens is 400 g/mol. The van der Waals surface area contributed by atoms with E-state index in [1.54, 1.807) is 6.21 Å². The van der Waals surface area contributed by atoms with Crippen LogP contribution < -0.4 is 14.9 Å². The van der Waals surface area contributed by atoms with Gasteiger partial charge >= 0.3 is 0 Å². The van der Waals surface area contributed by atoms with E-state index in [1.807, 2.05) is 80.6 Å². The van der Waals surface area contributed by atoms with Gasteiger partial charge in [-0.1, -0.05) is 35.9 Å². The SMILES string of the molecule is Cc1ccc(OCC(=O)N/N=C/c2ccc(OCc3ccccc3Cl)cc2)cc1C. The summed E-state index contributed by atoms with van der Waals surface area (Å²) in [5.74, 6) is 1.05. The maximum absolute atomic E-state index is 11.9. The zero-order chi connectivity index (χ0) is 21.3. The fraction of sp³-hybridized carbons (Fsp3) is 0.167. The van der Waals surface area contributed by atoms with E-state index in [1.165, 1.54) is 5.56 Å². The van der Waals surface area contributed by atoms with Crippen molar-refractivity contribution in [2.45, 2.75) is 20.5 Å². The van der Waals surface area contributed by atoms with Gasteiger partial charge in [0.25, 0.3) is 5.91 Å². The van der Waals surface area contributed by atoms with Crippen LogP contribution in [0.3, 0.4) is 0 Å². The van der Waals surface area contributed by atoms with Crippen LogP contribution in [0.4, 0.5) is 0 Å². The van der Waals surface area contributed by atoms with E-state index in [-0.39, 0.29) is 12.5 Å². The van der Waals surface area contributed by atoms with Crippen molar-refractivity contribution in [3.05, 3.63) is 94.0 Å². The molecule has 0 fully saturated rings. The Morgan fingerprint density at radius 2 is 1.70 bits per heavy atom. The first-order valence-corrected chi connectivity index (χ1v) is 9.87. The van der Waals surface area contributed by atoms with E-state index in [9.17, 15) is 4.79 Å². The van der Waals surface area contributed by atoms with Crippen molar-refractivity contribution in [2.24, 2.45) is 5.10 Å². The summed E-state index contributed by atoms with van der Waals surface area (Å²) < 4.78 is 11.2. The third kappa shape index (κ3) is 6.36. The summed E-state index contributed by atoms with van der Waals surface area (Å²) in [6.45, 7) is 4.32. The number of hydrazone groups is 1. The van der Waals surface area contributed by atoms with Crippen LogP contribution in [0.5, 0.6) is 11.5 Å². The van der Waals surface area contributed by atoms with Crippen molar-refractivity contribution >= 4 is 23.7 Å². The van der Waals surface area contributed by atoms with Gasteiger partial charge in [-0.05, 0) is 73.0 Å². The van der Waals surface area contributed by atoms with Crippen molar-refractivity contribution in [3.63, 3.8) is 0 Å². The lowest BCUT2D eigenvalue weighted by Gasteiger charge is -2.08. The minimum absolute atomic E-state index is 0.103. The molecule has 0 aliphatic heterocycles. The molecule has 0 saturated heterocycles. The molecule has 3 aromatic carbocycles. The number of amides is 1. The average Bonchev–Trinajstić information content (AvgIpc) is 2.75. The number of nitrogens with zero attached hydrogens (tertiary/aromatic N) is 1. The predicted octanol–water partition coefficient (Wildman–Crippen LogP) is 5.06. The Labute approximate surface area is 181 Å². The van der Waals surface area contributed by atoms with Crippen molar-refractivity contribution in [3.8, 4) is 11.5 Å². The zero-order valence-electron chi connectivity index (χ0n) is 16.9. The van der Waals surface area contributed by atoms with Crippen molar-refractivity contribution in [1.29, 1.82) is 0 Å². The summed E-state index contributed by atoms with van der Waals surface area (Å²) >= 11 is 6.13. The van der Waals surface area contributed by atoms with Gasteiger partial charge in [-0.3, -0.25) is 4.79 Å². The summed E-state index contributed by atoms with van der Waals surface area (Å²) in [4.78, 5) is 11.9. The third-order valence-corrected chi connectivity index (χ3v) is 4.85. The molecule has 0 spiro atoms. The number of nitrogens with one attached hydrogen (secondary N) is 1. The summed E-state index contributed by atoms with van der Waals surface area (Å²) in [6, 6.07) is 20.6. The maximum Gasteiger partial charge on any atom is 0.277 e. The van der Waals surface area contributed by atoms with Crippen LogP contribution in [-0.4, -0.2) is 18.7 Å². The van der Waals surface area contributed by atoms with E-state index in [2.05, 4.69) is 10.5 Å². The van der Waals surface area contributed by atoms with Gasteiger partial charge in [0.15, 0.2) is 6.61 Å². The fourth-order valence-electron chi connectivity index (χ4n) is 2.59. The van der Waals surface area contributed by atoms with Crippen LogP contribution in [0.15, 0.2) is 71.8 Å². The Hall–Kier alpha value is -3.31. The molecular formula is C24H23ClN2O3. The molecule has 1 amide bonds. The molecule has 154 valence electrons. The second-order valence-corrected chi connectivity index (χ2v) is 7.18. The van der Waals surface area contributed by atoms with Crippen LogP contribution in [-0.2, 0) is 11.4 Å². The number of halogens is 1. The van der Waals surface area contributed by atoms with Crippen LogP contribution in [0.2, 0.25) is 5.02 Å². The molecule has 0 heterocycles. The second-order valence-electron chi connectivity index (χ2n) is 6.78. The van der Waals surface area contributed by atoms with Gasteiger partial charge in [-0.15, -0.1) is 0 Å². The average molecular weight is 423 g/mol. The number of hydrogen-bond donors (Lipinski definition) is 1. The first-order valence-electron chi connectivity index (χ1n) is 9.49. The highest BCUT2D eigenvalue weighted by atomic mass is 35.5. The molecule has 0 aliphatic carbocycles. The normalized spacial score (nSPS) is 10.8. The molecule has 3 rings (SSSR count). The van der Waals surface area contributed by atoms with Crippen molar-refractivity contribution in [2.75, 3.05) is 6.61 Å². The molecule has 3 aromatic rings. The second kappa shape index (κ2) is 10.5. The summed E-state index contributed by atoms with van der Waals surface area (Å²) in [5.41, 5.74) is 6.50. The summed E-state index contributed by atoms with van der Waals surface area (Å²) in [6.07, 6.45) is 1.56. The molecule has 5 nitrogen and oxygen atoms in total. The topological polar surface area (TPSA) is 59.9 Å². The van der Waals surface area contributed by atoms with Gasteiger partial charge in [-0.2, -0.15) is 5.10 Å². The highest BCUT2D eigenvalue weighted by Gasteiger charge is 2.03. The Morgan fingerprint density at radius 1 is 0.967 bits per heavy atom. The predicted molar refractivity (Wildman–Crippen MR) is 119 cm³/mol. The quantitative estimate of drug-likeness (QED) is 0.407. The number of hydrogen-bond acceptors (Lipinski definition) is 4. The molecule has 0 unspecified atom stereocenters. The zero-order valence-corrected chi connectivity index (χ0v) is 17.6. The van der Waals surface area contributed by atoms with Gasteiger partial charge < -0.3 is 9.47 Å². The van der Waals surface area contributed by atoms with E-state index >= 15 is 0 Å². The lowest BCUT2D eigenvalue weighted by atomic mass is 10.1. The first-order chi connectivity index (χ1) is 14.5. The fourth-order valence-corrected chi connectivity index (χ4v) is 2.78. The lowest BCUT2D eigenvalue weighted by Crippen LogP contribution is -2.24. The highest BCUT2D eigenvalue weighted by Crippen LogP contribution is 2.19. The monoisotopic (exact) mass is 422 g/mol. The van der Waals surface area contributed by atoms with E-state index < -0.39 is 0 Å². The highest BCUT2D eigenvalue weighted by molar-refractivity contribution is 6.31. The van der Waals surface area contributed by atoms with Crippen LogP contribution in [0.1, 0.15) is 22.3 Å². The van der Waals surface area contributed by atoms with Crippen LogP contribution in [0.25, 0.3) is 0 Å². The van der Waals surface area contributed by atoms with Gasteiger partial charge in [0, 0.05) is 10.6 Å². The van der Waals surface area contributed by atoms with E-state index in [4.69, 9.17) is 21.1 Å². The minimum Gasteiger partial charge on any atom is -0.489 e. The standard InChI is InChI=1S/C24H23ClN2O3/c1-17-7-10-22(13-18(17)2)30-16-24(28)27-26-14-19-8-11-21(12-9-19)29-15-20-5-3-4-6-23(20)25/h3-14H,15-16H2,1-2H3,(H,27,28)/b26-14+. The van der Waals surface area contributed by atoms with Gasteiger partial charge in [-0.25, -0.2) is 5.43 Å². The lowest BCUT2D eigenvalue weighted by molar-refractivity contribution is -0.123. The Balaban J connectivity index is 1.43. The molecule has 0 aliphatic rings. The van der Waals surface area contributed by atoms with Gasteiger partial charge in [0.05, 0.1) is 6.21 Å².